The molecule has 3 rings (SSSR count). The third-order valence-corrected chi connectivity index (χ3v) is 7.45. The normalized spacial score (nSPS) is 18.0. The van der Waals surface area contributed by atoms with Crippen LogP contribution in [0.1, 0.15) is 49.7 Å². The summed E-state index contributed by atoms with van der Waals surface area (Å²) < 4.78 is 9.32. The summed E-state index contributed by atoms with van der Waals surface area (Å²) in [6.07, 6.45) is 8.29. The molecular formula is C19H23BrOSe. The first-order valence-corrected chi connectivity index (χ1v) is 10.9. The second-order valence-corrected chi connectivity index (χ2v) is 9.54. The van der Waals surface area contributed by atoms with Gasteiger partial charge in [-0.25, -0.2) is 0 Å². The van der Waals surface area contributed by atoms with Gasteiger partial charge in [-0.3, -0.25) is 0 Å². The minimum atomic E-state index is 0.360. The molecule has 0 saturated heterocycles. The van der Waals surface area contributed by atoms with Gasteiger partial charge in [0, 0.05) is 0 Å². The molecule has 0 N–H and O–H groups in total. The van der Waals surface area contributed by atoms with E-state index in [1.54, 1.807) is 0 Å². The predicted octanol–water partition coefficient (Wildman–Crippen LogP) is 3.92. The Morgan fingerprint density at radius 2 is 2.09 bits per heavy atom. The summed E-state index contributed by atoms with van der Waals surface area (Å²) in [6.45, 7) is 2.25. The van der Waals surface area contributed by atoms with Gasteiger partial charge in [-0.05, 0) is 0 Å². The number of alkyl halides is 1. The first-order chi connectivity index (χ1) is 10.8. The van der Waals surface area contributed by atoms with Crippen molar-refractivity contribution in [3.63, 3.8) is 0 Å². The Labute approximate surface area is 148 Å². The number of halogens is 1. The molecule has 0 aliphatic heterocycles. The Balaban J connectivity index is 1.95. The van der Waals surface area contributed by atoms with Gasteiger partial charge in [0.1, 0.15) is 0 Å². The van der Waals surface area contributed by atoms with E-state index >= 15 is 0 Å². The number of hydrogen-bond acceptors (Lipinski definition) is 1. The van der Waals surface area contributed by atoms with Crippen molar-refractivity contribution >= 4 is 39.8 Å². The van der Waals surface area contributed by atoms with Crippen molar-refractivity contribution in [3.8, 4) is 0 Å². The molecule has 1 nitrogen and oxygen atoms in total. The molecule has 1 unspecified atom stereocenters. The standard InChI is InChI=1S/C19H23BrOSe/c1-2-3-11-18-19(22-15-9-5-4-6-10-15)16-13-14(20)8-7-12-17(16)21-18/h4-6,9-10,14H,2-3,7-8,11-13H2,1H3. The molecule has 1 atom stereocenters. The summed E-state index contributed by atoms with van der Waals surface area (Å²) in [4.78, 5) is 0.607. The molecule has 0 saturated carbocycles. The molecule has 22 heavy (non-hydrogen) atoms. The van der Waals surface area contributed by atoms with E-state index in [9.17, 15) is 0 Å². The number of unbranched alkanes of at least 4 members (excludes halogenated alkanes) is 1. The van der Waals surface area contributed by atoms with Gasteiger partial charge in [0.05, 0.1) is 0 Å². The first kappa shape index (κ1) is 16.4. The third-order valence-electron chi connectivity index (χ3n) is 4.18. The van der Waals surface area contributed by atoms with Gasteiger partial charge in [-0.2, -0.15) is 0 Å². The van der Waals surface area contributed by atoms with E-state index in [0.717, 1.165) is 19.3 Å². The van der Waals surface area contributed by atoms with Crippen LogP contribution in [-0.2, 0) is 19.3 Å². The van der Waals surface area contributed by atoms with Gasteiger partial charge in [-0.1, -0.05) is 0 Å². The SMILES string of the molecule is CCCCc1oc2c(c1[Se]c1ccccc1)CC(Br)CCC2. The molecule has 118 valence electrons. The molecular weight excluding hydrogens is 403 g/mol. The van der Waals surface area contributed by atoms with Crippen molar-refractivity contribution in [2.45, 2.75) is 56.7 Å². The van der Waals surface area contributed by atoms with E-state index in [4.69, 9.17) is 4.42 Å². The fraction of sp³-hybridized carbons (Fsp3) is 0.474. The fourth-order valence-corrected chi connectivity index (χ4v) is 5.96. The molecule has 0 amide bonds. The molecule has 0 radical (unpaired) electrons. The minimum absolute atomic E-state index is 0.360. The third kappa shape index (κ3) is 3.87. The average molecular weight is 426 g/mol. The van der Waals surface area contributed by atoms with Crippen LogP contribution >= 0.6 is 15.9 Å². The number of rotatable bonds is 5. The van der Waals surface area contributed by atoms with Crippen LogP contribution < -0.4 is 8.92 Å². The van der Waals surface area contributed by atoms with Gasteiger partial charge in [-0.15, -0.1) is 0 Å². The van der Waals surface area contributed by atoms with Crippen LogP contribution in [0, 0.1) is 0 Å². The number of aryl methyl sites for hydroxylation is 2. The van der Waals surface area contributed by atoms with Gasteiger partial charge >= 0.3 is 148 Å². The van der Waals surface area contributed by atoms with Crippen LogP contribution in [0.5, 0.6) is 0 Å². The van der Waals surface area contributed by atoms with Crippen molar-refractivity contribution < 1.29 is 4.42 Å². The Morgan fingerprint density at radius 3 is 2.86 bits per heavy atom. The van der Waals surface area contributed by atoms with E-state index in [0.29, 0.717) is 19.8 Å². The van der Waals surface area contributed by atoms with Crippen LogP contribution in [0.25, 0.3) is 0 Å². The van der Waals surface area contributed by atoms with Crippen LogP contribution in [0.15, 0.2) is 34.7 Å². The summed E-state index contributed by atoms with van der Waals surface area (Å²) in [5.41, 5.74) is 1.52. The molecule has 1 heterocycles. The zero-order valence-electron chi connectivity index (χ0n) is 13.1. The van der Waals surface area contributed by atoms with Crippen molar-refractivity contribution in [2.24, 2.45) is 0 Å². The van der Waals surface area contributed by atoms with E-state index in [1.807, 2.05) is 0 Å². The van der Waals surface area contributed by atoms with Crippen LogP contribution in [0.3, 0.4) is 0 Å². The Bertz CT molecular complexity index is 605. The maximum absolute atomic E-state index is 6.33. The topological polar surface area (TPSA) is 13.1 Å². The van der Waals surface area contributed by atoms with E-state index in [2.05, 4.69) is 53.2 Å². The van der Waals surface area contributed by atoms with E-state index in [1.165, 1.54) is 51.7 Å². The van der Waals surface area contributed by atoms with Crippen LogP contribution in [0.4, 0.5) is 0 Å². The molecule has 0 bridgehead atoms. The molecule has 3 heteroatoms. The summed E-state index contributed by atoms with van der Waals surface area (Å²) in [5, 5.41) is 0. The quantitative estimate of drug-likeness (QED) is 0.402. The van der Waals surface area contributed by atoms with Crippen molar-refractivity contribution in [3.05, 3.63) is 47.4 Å². The molecule has 1 aliphatic carbocycles. The Hall–Kier alpha value is -0.501. The van der Waals surface area contributed by atoms with Crippen LogP contribution in [-0.4, -0.2) is 19.8 Å². The number of furan rings is 1. The molecule has 1 aliphatic rings. The second kappa shape index (κ2) is 7.86. The first-order valence-electron chi connectivity index (χ1n) is 8.28. The molecule has 1 aromatic heterocycles. The van der Waals surface area contributed by atoms with Gasteiger partial charge in [0.2, 0.25) is 0 Å². The van der Waals surface area contributed by atoms with Crippen LogP contribution in [0.2, 0.25) is 0 Å². The maximum atomic E-state index is 6.33. The van der Waals surface area contributed by atoms with Gasteiger partial charge < -0.3 is 0 Å². The number of hydrogen-bond donors (Lipinski definition) is 0. The van der Waals surface area contributed by atoms with Gasteiger partial charge in [0.15, 0.2) is 0 Å². The predicted molar refractivity (Wildman–Crippen MR) is 98.1 cm³/mol. The molecule has 0 spiro atoms. The van der Waals surface area contributed by atoms with Crippen molar-refractivity contribution in [2.75, 3.05) is 0 Å². The zero-order chi connectivity index (χ0) is 15.4. The monoisotopic (exact) mass is 426 g/mol. The Morgan fingerprint density at radius 1 is 1.27 bits per heavy atom. The summed E-state index contributed by atoms with van der Waals surface area (Å²) >= 11 is 4.21. The van der Waals surface area contributed by atoms with E-state index < -0.39 is 0 Å². The number of fused-ring (bicyclic) bond motifs is 1. The average Bonchev–Trinajstić information content (AvgIpc) is 2.72. The number of benzene rings is 1. The van der Waals surface area contributed by atoms with Crippen molar-refractivity contribution in [1.82, 2.24) is 0 Å². The zero-order valence-corrected chi connectivity index (χ0v) is 16.4. The second-order valence-electron chi connectivity index (χ2n) is 5.97. The van der Waals surface area contributed by atoms with Gasteiger partial charge in [0.25, 0.3) is 0 Å². The fourth-order valence-electron chi connectivity index (χ4n) is 2.99. The summed E-state index contributed by atoms with van der Waals surface area (Å²) in [6, 6.07) is 10.9. The Kier molecular flexibility index (Phi) is 5.84. The molecule has 2 aromatic rings. The summed E-state index contributed by atoms with van der Waals surface area (Å²) in [5.74, 6) is 2.55. The van der Waals surface area contributed by atoms with Crippen molar-refractivity contribution in [1.29, 1.82) is 0 Å². The van der Waals surface area contributed by atoms with E-state index in [-0.39, 0.29) is 0 Å². The molecule has 1 aromatic carbocycles. The summed E-state index contributed by atoms with van der Waals surface area (Å²) in [7, 11) is 0. The molecule has 0 fully saturated rings.